The third kappa shape index (κ3) is 4.78. The van der Waals surface area contributed by atoms with E-state index in [2.05, 4.69) is 5.32 Å². The number of nitro benzene ring substituents is 1. The van der Waals surface area contributed by atoms with Crippen molar-refractivity contribution in [2.24, 2.45) is 5.73 Å². The zero-order valence-corrected chi connectivity index (χ0v) is 17.1. The number of nitrogens with zero attached hydrogens (tertiary/aromatic N) is 1. The van der Waals surface area contributed by atoms with Crippen molar-refractivity contribution >= 4 is 40.7 Å². The van der Waals surface area contributed by atoms with E-state index in [0.717, 1.165) is 0 Å². The number of nitrogens with two attached hydrogens (primary N) is 1. The van der Waals surface area contributed by atoms with Crippen molar-refractivity contribution in [1.29, 1.82) is 0 Å². The van der Waals surface area contributed by atoms with E-state index >= 15 is 0 Å². The Bertz CT molecular complexity index is 1190. The Morgan fingerprint density at radius 2 is 1.55 bits per heavy atom. The molecule has 0 unspecified atom stereocenters. The van der Waals surface area contributed by atoms with Gasteiger partial charge >= 0.3 is 0 Å². The summed E-state index contributed by atoms with van der Waals surface area (Å²) in [6.07, 6.45) is 1.71. The van der Waals surface area contributed by atoms with Gasteiger partial charge in [-0.25, -0.2) is 0 Å². The van der Waals surface area contributed by atoms with E-state index in [1.54, 1.807) is 18.4 Å². The number of benzene rings is 3. The number of ketones is 1. The number of carbonyl (C=O) groups excluding carboxylic acids is 3. The molecule has 3 rings (SSSR count). The maximum Gasteiger partial charge on any atom is 0.283 e. The van der Waals surface area contributed by atoms with Gasteiger partial charge in [0.15, 0.2) is 5.78 Å². The van der Waals surface area contributed by atoms with Gasteiger partial charge < -0.3 is 11.1 Å². The Labute approximate surface area is 181 Å². The summed E-state index contributed by atoms with van der Waals surface area (Å²) >= 11 is 1.21. The molecule has 3 aromatic rings. The molecule has 0 spiro atoms. The van der Waals surface area contributed by atoms with Crippen LogP contribution in [0.1, 0.15) is 36.6 Å². The summed E-state index contributed by atoms with van der Waals surface area (Å²) in [5, 5.41) is 14.0. The van der Waals surface area contributed by atoms with Gasteiger partial charge in [-0.15, -0.1) is 11.8 Å². The van der Waals surface area contributed by atoms with Crippen LogP contribution in [0, 0.1) is 10.1 Å². The predicted molar refractivity (Wildman–Crippen MR) is 118 cm³/mol. The third-order valence-electron chi connectivity index (χ3n) is 4.48. The highest BCUT2D eigenvalue weighted by molar-refractivity contribution is 7.98. The molecule has 156 valence electrons. The Hall–Kier alpha value is -3.98. The molecule has 2 amide bonds. The molecule has 8 nitrogen and oxygen atoms in total. The van der Waals surface area contributed by atoms with Crippen LogP contribution in [0.2, 0.25) is 0 Å². The maximum atomic E-state index is 13.1. The fourth-order valence-electron chi connectivity index (χ4n) is 2.92. The molecule has 0 bridgehead atoms. The minimum absolute atomic E-state index is 0.107. The van der Waals surface area contributed by atoms with Gasteiger partial charge in [0, 0.05) is 28.4 Å². The number of amides is 2. The Kier molecular flexibility index (Phi) is 6.46. The number of carbonyl (C=O) groups is 3. The molecule has 0 saturated carbocycles. The average molecular weight is 435 g/mol. The number of nitro groups is 1. The first-order valence-corrected chi connectivity index (χ1v) is 10.2. The average Bonchev–Trinajstić information content (AvgIpc) is 2.78. The number of rotatable bonds is 7. The van der Waals surface area contributed by atoms with Crippen LogP contribution in [0.5, 0.6) is 0 Å². The van der Waals surface area contributed by atoms with Crippen molar-refractivity contribution in [2.45, 2.75) is 4.90 Å². The molecule has 0 atom stereocenters. The first-order chi connectivity index (χ1) is 14.8. The fraction of sp³-hybridized carbons (Fsp3) is 0.0455. The minimum Gasteiger partial charge on any atom is -0.366 e. The second-order valence-corrected chi connectivity index (χ2v) is 7.26. The van der Waals surface area contributed by atoms with Crippen molar-refractivity contribution < 1.29 is 19.3 Å². The number of hydrogen-bond donors (Lipinski definition) is 2. The summed E-state index contributed by atoms with van der Waals surface area (Å²) in [4.78, 5) is 48.2. The Morgan fingerprint density at radius 3 is 2.13 bits per heavy atom. The summed E-state index contributed by atoms with van der Waals surface area (Å²) in [7, 11) is 0. The Balaban J connectivity index is 1.91. The van der Waals surface area contributed by atoms with Gasteiger partial charge in [0.25, 0.3) is 11.6 Å². The topological polar surface area (TPSA) is 132 Å². The van der Waals surface area contributed by atoms with Gasteiger partial charge in [-0.1, -0.05) is 18.2 Å². The van der Waals surface area contributed by atoms with E-state index in [4.69, 9.17) is 5.73 Å². The summed E-state index contributed by atoms with van der Waals surface area (Å²) in [6.45, 7) is 0. The van der Waals surface area contributed by atoms with Crippen LogP contribution in [-0.2, 0) is 0 Å². The lowest BCUT2D eigenvalue weighted by Crippen LogP contribution is -2.17. The van der Waals surface area contributed by atoms with Crippen molar-refractivity contribution in [3.05, 3.63) is 99.1 Å². The highest BCUT2D eigenvalue weighted by Crippen LogP contribution is 2.29. The van der Waals surface area contributed by atoms with Gasteiger partial charge in [-0.2, -0.15) is 0 Å². The molecule has 31 heavy (non-hydrogen) atoms. The van der Waals surface area contributed by atoms with Crippen LogP contribution in [0.25, 0.3) is 0 Å². The van der Waals surface area contributed by atoms with Crippen molar-refractivity contribution in [3.63, 3.8) is 0 Å². The summed E-state index contributed by atoms with van der Waals surface area (Å²) in [6, 6.07) is 16.4. The van der Waals surface area contributed by atoms with Gasteiger partial charge in [0.05, 0.1) is 15.4 Å². The molecule has 0 aliphatic heterocycles. The monoisotopic (exact) mass is 435 g/mol. The smallest absolute Gasteiger partial charge is 0.283 e. The van der Waals surface area contributed by atoms with Crippen molar-refractivity contribution in [2.75, 3.05) is 11.6 Å². The first kappa shape index (κ1) is 21.7. The molecular formula is C22H17N3O5S. The lowest BCUT2D eigenvalue weighted by atomic mass is 9.97. The number of primary amides is 1. The minimum atomic E-state index is -0.588. The van der Waals surface area contributed by atoms with E-state index in [1.165, 1.54) is 66.4 Å². The quantitative estimate of drug-likeness (QED) is 0.250. The van der Waals surface area contributed by atoms with Gasteiger partial charge in [-0.3, -0.25) is 24.5 Å². The third-order valence-corrected chi connectivity index (χ3v) is 5.27. The molecule has 9 heteroatoms. The van der Waals surface area contributed by atoms with Crippen LogP contribution >= 0.6 is 11.8 Å². The molecule has 0 aliphatic rings. The Morgan fingerprint density at radius 1 is 0.935 bits per heavy atom. The SMILES string of the molecule is CSc1ccc(C(=O)c2ccccc2C(=O)Nc2ccc(C(N)=O)cc2)cc1[N+](=O)[O-]. The van der Waals surface area contributed by atoms with Crippen LogP contribution in [0.15, 0.2) is 71.6 Å². The largest absolute Gasteiger partial charge is 0.366 e. The molecular weight excluding hydrogens is 418 g/mol. The van der Waals surface area contributed by atoms with E-state index in [1.807, 2.05) is 0 Å². The van der Waals surface area contributed by atoms with Crippen LogP contribution < -0.4 is 11.1 Å². The van der Waals surface area contributed by atoms with E-state index in [-0.39, 0.29) is 22.4 Å². The van der Waals surface area contributed by atoms with E-state index in [0.29, 0.717) is 16.1 Å². The molecule has 3 aromatic carbocycles. The van der Waals surface area contributed by atoms with Crippen molar-refractivity contribution in [1.82, 2.24) is 0 Å². The van der Waals surface area contributed by atoms with Gasteiger partial charge in [0.1, 0.15) is 0 Å². The number of hydrogen-bond acceptors (Lipinski definition) is 6. The van der Waals surface area contributed by atoms with Crippen LogP contribution in [0.3, 0.4) is 0 Å². The highest BCUT2D eigenvalue weighted by Gasteiger charge is 2.22. The molecule has 0 aromatic heterocycles. The maximum absolute atomic E-state index is 13.1. The van der Waals surface area contributed by atoms with Crippen LogP contribution in [-0.4, -0.2) is 28.8 Å². The normalized spacial score (nSPS) is 10.4. The summed E-state index contributed by atoms with van der Waals surface area (Å²) < 4.78 is 0. The van der Waals surface area contributed by atoms with Gasteiger partial charge in [-0.05, 0) is 48.7 Å². The summed E-state index contributed by atoms with van der Waals surface area (Å²) in [5.74, 6) is -1.63. The highest BCUT2D eigenvalue weighted by atomic mass is 32.2. The van der Waals surface area contributed by atoms with E-state index in [9.17, 15) is 24.5 Å². The molecule has 0 radical (unpaired) electrons. The van der Waals surface area contributed by atoms with E-state index < -0.39 is 22.5 Å². The lowest BCUT2D eigenvalue weighted by Gasteiger charge is -2.10. The lowest BCUT2D eigenvalue weighted by molar-refractivity contribution is -0.387. The summed E-state index contributed by atoms with van der Waals surface area (Å²) in [5.41, 5.74) is 6.07. The van der Waals surface area contributed by atoms with Crippen molar-refractivity contribution in [3.8, 4) is 0 Å². The first-order valence-electron chi connectivity index (χ1n) is 8.99. The standard InChI is InChI=1S/C22H17N3O5S/c1-31-19-11-8-14(12-18(19)25(29)30)20(26)16-4-2-3-5-17(16)22(28)24-15-9-6-13(7-10-15)21(23)27/h2-12H,1H3,(H2,23,27)(H,24,28). The predicted octanol–water partition coefficient (Wildman–Crippen LogP) is 3.90. The molecule has 3 N–H and O–H groups in total. The molecule has 0 heterocycles. The molecule has 0 aliphatic carbocycles. The second kappa shape index (κ2) is 9.23. The fourth-order valence-corrected chi connectivity index (χ4v) is 3.47. The zero-order chi connectivity index (χ0) is 22.5. The number of thioether (sulfide) groups is 1. The zero-order valence-electron chi connectivity index (χ0n) is 16.3. The second-order valence-electron chi connectivity index (χ2n) is 6.41. The number of nitrogens with one attached hydrogen (secondary N) is 1. The molecule has 0 saturated heterocycles. The van der Waals surface area contributed by atoms with Crippen LogP contribution in [0.4, 0.5) is 11.4 Å². The molecule has 0 fully saturated rings. The number of anilines is 1. The van der Waals surface area contributed by atoms with Gasteiger partial charge in [0.2, 0.25) is 5.91 Å².